The number of anilines is 2. The molecule has 6 nitrogen and oxygen atoms in total. The van der Waals surface area contributed by atoms with Gasteiger partial charge in [0.25, 0.3) is 0 Å². The summed E-state index contributed by atoms with van der Waals surface area (Å²) < 4.78 is 0.995. The zero-order valence-electron chi connectivity index (χ0n) is 19.7. The number of hydrogen-bond acceptors (Lipinski definition) is 6. The van der Waals surface area contributed by atoms with Crippen LogP contribution in [0.15, 0.2) is 88.5 Å². The number of thioether (sulfide) groups is 1. The Hall–Kier alpha value is -3.03. The van der Waals surface area contributed by atoms with Crippen LogP contribution in [0.5, 0.6) is 0 Å². The quantitative estimate of drug-likeness (QED) is 0.608. The van der Waals surface area contributed by atoms with Crippen LogP contribution in [0.25, 0.3) is 0 Å². The van der Waals surface area contributed by atoms with E-state index < -0.39 is 5.97 Å². The van der Waals surface area contributed by atoms with Gasteiger partial charge >= 0.3 is 0 Å². The lowest BCUT2D eigenvalue weighted by Crippen LogP contribution is -2.36. The number of carbonyl (C=O) groups is 1. The van der Waals surface area contributed by atoms with Crippen molar-refractivity contribution in [2.75, 3.05) is 39.1 Å². The van der Waals surface area contributed by atoms with Gasteiger partial charge in [0.05, 0.1) is 45.4 Å². The second-order valence-electron chi connectivity index (χ2n) is 8.93. The summed E-state index contributed by atoms with van der Waals surface area (Å²) in [5, 5.41) is 9.08. The van der Waals surface area contributed by atoms with Gasteiger partial charge in [-0.3, -0.25) is 0 Å². The first-order chi connectivity index (χ1) is 15.7. The average Bonchev–Trinajstić information content (AvgIpc) is 3.12. The Morgan fingerprint density at radius 1 is 1.12 bits per heavy atom. The maximum atomic E-state index is 8.89. The van der Waals surface area contributed by atoms with E-state index in [4.69, 9.17) is 14.9 Å². The lowest BCUT2D eigenvalue weighted by atomic mass is 10.2. The zero-order chi connectivity index (χ0) is 23.8. The summed E-state index contributed by atoms with van der Waals surface area (Å²) in [5.74, 6) is -1.08. The van der Waals surface area contributed by atoms with E-state index in [0.29, 0.717) is 0 Å². The van der Waals surface area contributed by atoms with Crippen LogP contribution in [-0.4, -0.2) is 61.3 Å². The molecule has 0 bridgehead atoms. The molecule has 0 fully saturated rings. The third-order valence-corrected chi connectivity index (χ3v) is 6.20. The third-order valence-electron chi connectivity index (χ3n) is 5.01. The zero-order valence-corrected chi connectivity index (χ0v) is 20.5. The topological polar surface area (TPSA) is 59.0 Å². The monoisotopic (exact) mass is 464 g/mol. The molecule has 174 valence electrons. The molecule has 7 heteroatoms. The molecule has 2 aromatic rings. The number of allylic oxidation sites excluding steroid dienone is 1. The number of fused-ring (bicyclic) bond motifs is 1. The molecule has 0 saturated heterocycles. The number of carboxylic acid groups (broad SMARTS) is 1. The predicted molar refractivity (Wildman–Crippen MR) is 135 cm³/mol. The van der Waals surface area contributed by atoms with Crippen molar-refractivity contribution in [1.82, 2.24) is 4.90 Å². The first kappa shape index (κ1) is 24.6. The Balaban J connectivity index is 0.000000709. The number of carboxylic acids is 1. The smallest absolute Gasteiger partial charge is 0.105 e. The van der Waals surface area contributed by atoms with Gasteiger partial charge in [0.1, 0.15) is 5.37 Å². The standard InChI is InChI=1S/C24H29N4S.C2H4O2/c1-28(2,3)17-9-15-26-16-14-20(25-19-26)18-24-27(21-10-5-4-6-11-21)22-12-7-8-13-23(22)29-24;1-2(3)4/h4-8,10-14,16,18-19,24H,9,15,17H2,1-3H3;1H3,(H,3,4)/q+1;/p-1. The fourth-order valence-electron chi connectivity index (χ4n) is 3.56. The number of nitrogens with zero attached hydrogens (tertiary/aromatic N) is 4. The van der Waals surface area contributed by atoms with E-state index in [-0.39, 0.29) is 5.37 Å². The van der Waals surface area contributed by atoms with Crippen molar-refractivity contribution in [2.24, 2.45) is 4.99 Å². The summed E-state index contributed by atoms with van der Waals surface area (Å²) in [6.07, 6.45) is 9.64. The molecule has 0 aliphatic carbocycles. The molecule has 0 N–H and O–H groups in total. The Morgan fingerprint density at radius 3 is 2.42 bits per heavy atom. The summed E-state index contributed by atoms with van der Waals surface area (Å²) >= 11 is 1.88. The summed E-state index contributed by atoms with van der Waals surface area (Å²) in [6, 6.07) is 19.2. The van der Waals surface area contributed by atoms with Gasteiger partial charge in [0.2, 0.25) is 0 Å². The highest BCUT2D eigenvalue weighted by atomic mass is 32.2. The molecule has 2 aromatic carbocycles. The number of quaternary nitrogens is 1. The Labute approximate surface area is 201 Å². The van der Waals surface area contributed by atoms with E-state index >= 15 is 0 Å². The number of benzene rings is 2. The van der Waals surface area contributed by atoms with Gasteiger partial charge in [-0.1, -0.05) is 42.1 Å². The van der Waals surface area contributed by atoms with Gasteiger partial charge in [-0.25, -0.2) is 4.99 Å². The van der Waals surface area contributed by atoms with E-state index in [2.05, 4.69) is 104 Å². The van der Waals surface area contributed by atoms with Crippen LogP contribution in [-0.2, 0) is 4.79 Å². The number of aliphatic carboxylic acids is 1. The van der Waals surface area contributed by atoms with E-state index in [1.807, 2.05) is 18.1 Å². The van der Waals surface area contributed by atoms with E-state index in [1.165, 1.54) is 16.3 Å². The summed E-state index contributed by atoms with van der Waals surface area (Å²) in [6.45, 7) is 3.13. The molecule has 0 saturated carbocycles. The molecule has 0 spiro atoms. The van der Waals surface area contributed by atoms with E-state index in [9.17, 15) is 0 Å². The summed E-state index contributed by atoms with van der Waals surface area (Å²) in [4.78, 5) is 19.5. The number of carbonyl (C=O) groups excluding carboxylic acids is 1. The lowest BCUT2D eigenvalue weighted by Gasteiger charge is -2.26. The van der Waals surface area contributed by atoms with Gasteiger partial charge in [0.15, 0.2) is 0 Å². The maximum Gasteiger partial charge on any atom is 0.105 e. The van der Waals surface area contributed by atoms with Crippen LogP contribution < -0.4 is 10.0 Å². The Morgan fingerprint density at radius 2 is 1.79 bits per heavy atom. The molecular weight excluding hydrogens is 432 g/mol. The van der Waals surface area contributed by atoms with Crippen molar-refractivity contribution in [3.05, 3.63) is 78.6 Å². The van der Waals surface area contributed by atoms with Crippen LogP contribution in [0.3, 0.4) is 0 Å². The van der Waals surface area contributed by atoms with Crippen molar-refractivity contribution >= 4 is 35.4 Å². The summed E-state index contributed by atoms with van der Waals surface area (Å²) in [5.41, 5.74) is 3.48. The van der Waals surface area contributed by atoms with Crippen LogP contribution in [0.2, 0.25) is 0 Å². The van der Waals surface area contributed by atoms with Crippen molar-refractivity contribution in [2.45, 2.75) is 23.6 Å². The highest BCUT2D eigenvalue weighted by Crippen LogP contribution is 2.48. The lowest BCUT2D eigenvalue weighted by molar-refractivity contribution is -0.870. The van der Waals surface area contributed by atoms with Crippen LogP contribution in [0, 0.1) is 0 Å². The minimum Gasteiger partial charge on any atom is -0.550 e. The molecule has 1 unspecified atom stereocenters. The Kier molecular flexibility index (Phi) is 8.36. The normalized spacial score (nSPS) is 18.2. The van der Waals surface area contributed by atoms with Crippen molar-refractivity contribution in [3.63, 3.8) is 0 Å². The minimum absolute atomic E-state index is 0.191. The first-order valence-corrected chi connectivity index (χ1v) is 11.9. The van der Waals surface area contributed by atoms with Gasteiger partial charge in [0, 0.05) is 35.7 Å². The maximum absolute atomic E-state index is 8.89. The van der Waals surface area contributed by atoms with Gasteiger partial charge in [-0.05, 0) is 43.3 Å². The van der Waals surface area contributed by atoms with Gasteiger partial charge in [-0.2, -0.15) is 0 Å². The second-order valence-corrected chi connectivity index (χ2v) is 10.1. The fourth-order valence-corrected chi connectivity index (χ4v) is 4.81. The minimum atomic E-state index is -1.08. The van der Waals surface area contributed by atoms with Crippen molar-refractivity contribution in [3.8, 4) is 0 Å². The second kappa shape index (κ2) is 11.2. The fraction of sp³-hybridized carbons (Fsp3) is 0.308. The molecule has 2 aliphatic heterocycles. The third kappa shape index (κ3) is 7.51. The number of para-hydroxylation sites is 2. The number of rotatable bonds is 6. The largest absolute Gasteiger partial charge is 0.550 e. The molecular formula is C26H32N4O2S. The van der Waals surface area contributed by atoms with Gasteiger partial charge < -0.3 is 24.2 Å². The van der Waals surface area contributed by atoms with E-state index in [1.54, 1.807) is 0 Å². The highest BCUT2D eigenvalue weighted by Gasteiger charge is 2.29. The predicted octanol–water partition coefficient (Wildman–Crippen LogP) is 3.85. The molecule has 0 aromatic heterocycles. The average molecular weight is 465 g/mol. The number of aliphatic imine (C=N–C) groups is 1. The molecule has 0 amide bonds. The molecule has 1 atom stereocenters. The van der Waals surface area contributed by atoms with Crippen molar-refractivity contribution < 1.29 is 14.4 Å². The molecule has 2 heterocycles. The molecule has 4 rings (SSSR count). The first-order valence-electron chi connectivity index (χ1n) is 11.0. The van der Waals surface area contributed by atoms with Crippen molar-refractivity contribution in [1.29, 1.82) is 0 Å². The van der Waals surface area contributed by atoms with Gasteiger partial charge in [-0.15, -0.1) is 0 Å². The molecule has 2 aliphatic rings. The SMILES string of the molecule is CC(=O)[O-].C[N+](C)(C)CCCN1C=CC(=CC2Sc3ccccc3N2c2ccccc2)N=C1. The van der Waals surface area contributed by atoms with Crippen LogP contribution in [0.4, 0.5) is 11.4 Å². The van der Waals surface area contributed by atoms with Crippen LogP contribution >= 0.6 is 11.8 Å². The molecule has 0 radical (unpaired) electrons. The Bertz CT molecular complexity index is 1010. The highest BCUT2D eigenvalue weighted by molar-refractivity contribution is 8.00. The van der Waals surface area contributed by atoms with E-state index in [0.717, 1.165) is 36.6 Å². The number of hydrogen-bond donors (Lipinski definition) is 0. The summed E-state index contributed by atoms with van der Waals surface area (Å²) in [7, 11) is 6.70. The van der Waals surface area contributed by atoms with Crippen LogP contribution in [0.1, 0.15) is 13.3 Å². The molecule has 33 heavy (non-hydrogen) atoms.